The van der Waals surface area contributed by atoms with Crippen molar-refractivity contribution in [3.05, 3.63) is 52.9 Å². The summed E-state index contributed by atoms with van der Waals surface area (Å²) in [5.41, 5.74) is 2.16. The largest absolute Gasteiger partial charge is 0.451 e. The number of fused-ring (bicyclic) bond motifs is 1. The van der Waals surface area contributed by atoms with E-state index in [4.69, 9.17) is 4.74 Å². The van der Waals surface area contributed by atoms with Crippen LogP contribution >= 0.6 is 0 Å². The van der Waals surface area contributed by atoms with Gasteiger partial charge in [-0.15, -0.1) is 0 Å². The Labute approximate surface area is 112 Å². The highest BCUT2D eigenvalue weighted by atomic mass is 19.2. The summed E-state index contributed by atoms with van der Waals surface area (Å²) < 4.78 is 57.8. The van der Waals surface area contributed by atoms with Crippen LogP contribution < -0.4 is 4.74 Å². The molecule has 1 aliphatic rings. The number of rotatable bonds is 2. The molecule has 1 aromatic carbocycles. The number of ether oxygens (including phenoxy) is 1. The molecule has 104 valence electrons. The number of halogens is 4. The van der Waals surface area contributed by atoms with Crippen LogP contribution in [0.15, 0.2) is 18.2 Å². The number of benzene rings is 1. The van der Waals surface area contributed by atoms with Gasteiger partial charge in [-0.1, -0.05) is 6.07 Å². The molecule has 1 aliphatic carbocycles. The number of nitrogens with zero attached hydrogens (tertiary/aromatic N) is 1. The van der Waals surface area contributed by atoms with Gasteiger partial charge in [0.05, 0.1) is 0 Å². The van der Waals surface area contributed by atoms with E-state index in [-0.39, 0.29) is 5.75 Å². The monoisotopic (exact) mass is 283 g/mol. The van der Waals surface area contributed by atoms with Crippen molar-refractivity contribution in [2.75, 3.05) is 0 Å². The van der Waals surface area contributed by atoms with Crippen LogP contribution in [0.1, 0.15) is 17.5 Å². The molecule has 0 fully saturated rings. The van der Waals surface area contributed by atoms with E-state index in [0.717, 1.165) is 30.4 Å². The number of hydrogen-bond donors (Lipinski definition) is 0. The molecule has 1 aromatic heterocycles. The quantitative estimate of drug-likeness (QED) is 0.615. The highest BCUT2D eigenvalue weighted by Gasteiger charge is 2.23. The molecule has 20 heavy (non-hydrogen) atoms. The molecule has 0 radical (unpaired) electrons. The molecule has 0 unspecified atom stereocenters. The van der Waals surface area contributed by atoms with Crippen molar-refractivity contribution < 1.29 is 22.3 Å². The fourth-order valence-corrected chi connectivity index (χ4v) is 2.29. The molecule has 3 rings (SSSR count). The molecule has 0 spiro atoms. The Kier molecular flexibility index (Phi) is 3.08. The maximum absolute atomic E-state index is 13.4. The minimum Gasteiger partial charge on any atom is -0.451 e. The van der Waals surface area contributed by atoms with Gasteiger partial charge in [0, 0.05) is 0 Å². The van der Waals surface area contributed by atoms with Crippen LogP contribution in [0.5, 0.6) is 11.5 Å². The summed E-state index contributed by atoms with van der Waals surface area (Å²) in [4.78, 5) is 2.47. The van der Waals surface area contributed by atoms with Crippen molar-refractivity contribution in [2.24, 2.45) is 0 Å². The molecule has 2 aromatic rings. The average Bonchev–Trinajstić information content (AvgIpc) is 2.89. The lowest BCUT2D eigenvalue weighted by Crippen LogP contribution is -2.03. The molecule has 0 N–H and O–H groups in total. The topological polar surface area (TPSA) is 22.1 Å². The highest BCUT2D eigenvalue weighted by molar-refractivity contribution is 5.40. The predicted octanol–water partition coefficient (Wildman–Crippen LogP) is 3.92. The predicted molar refractivity (Wildman–Crippen MR) is 62.6 cm³/mol. The zero-order valence-electron chi connectivity index (χ0n) is 10.2. The Hall–Kier alpha value is -2.11. The van der Waals surface area contributed by atoms with E-state index in [1.807, 2.05) is 0 Å². The van der Waals surface area contributed by atoms with Crippen molar-refractivity contribution in [3.63, 3.8) is 0 Å². The summed E-state index contributed by atoms with van der Waals surface area (Å²) >= 11 is 0. The molecule has 6 heteroatoms. The Morgan fingerprint density at radius 2 is 1.55 bits per heavy atom. The molecule has 0 saturated heterocycles. The molecule has 2 nitrogen and oxygen atoms in total. The van der Waals surface area contributed by atoms with Crippen LogP contribution in [0.4, 0.5) is 17.6 Å². The van der Waals surface area contributed by atoms with Crippen LogP contribution in [0.2, 0.25) is 0 Å². The van der Waals surface area contributed by atoms with Crippen LogP contribution in [0, 0.1) is 23.5 Å². The fourth-order valence-electron chi connectivity index (χ4n) is 2.29. The second kappa shape index (κ2) is 4.77. The first-order valence-electron chi connectivity index (χ1n) is 6.06. The zero-order chi connectivity index (χ0) is 14.3. The summed E-state index contributed by atoms with van der Waals surface area (Å²) in [6.07, 6.45) is 2.79. The van der Waals surface area contributed by atoms with Gasteiger partial charge in [-0.05, 0) is 42.5 Å². The van der Waals surface area contributed by atoms with Crippen molar-refractivity contribution in [2.45, 2.75) is 19.3 Å². The van der Waals surface area contributed by atoms with E-state index in [1.165, 1.54) is 6.07 Å². The Balaban J connectivity index is 1.99. The van der Waals surface area contributed by atoms with E-state index in [1.54, 1.807) is 12.1 Å². The van der Waals surface area contributed by atoms with Crippen molar-refractivity contribution in [1.29, 1.82) is 0 Å². The first-order chi connectivity index (χ1) is 9.56. The summed E-state index contributed by atoms with van der Waals surface area (Å²) in [5.74, 6) is -7.75. The lowest BCUT2D eigenvalue weighted by atomic mass is 10.1. The third-order valence-corrected chi connectivity index (χ3v) is 3.25. The Morgan fingerprint density at radius 1 is 0.900 bits per heavy atom. The maximum Gasteiger partial charge on any atom is 0.255 e. The molecule has 0 bridgehead atoms. The summed E-state index contributed by atoms with van der Waals surface area (Å²) in [5, 5.41) is 0. The van der Waals surface area contributed by atoms with E-state index in [9.17, 15) is 17.6 Å². The van der Waals surface area contributed by atoms with E-state index in [2.05, 4.69) is 4.98 Å². The van der Waals surface area contributed by atoms with E-state index >= 15 is 0 Å². The molecule has 1 heterocycles. The molecular weight excluding hydrogens is 274 g/mol. The second-order valence-electron chi connectivity index (χ2n) is 4.54. The molecule has 0 atom stereocenters. The second-order valence-corrected chi connectivity index (χ2v) is 4.54. The summed E-state index contributed by atoms with van der Waals surface area (Å²) in [6.45, 7) is 0. The number of aryl methyl sites for hydroxylation is 2. The molecule has 0 aliphatic heterocycles. The number of aromatic nitrogens is 1. The van der Waals surface area contributed by atoms with Gasteiger partial charge < -0.3 is 4.74 Å². The molecule has 0 amide bonds. The van der Waals surface area contributed by atoms with Crippen LogP contribution in [-0.4, -0.2) is 4.98 Å². The minimum absolute atomic E-state index is 0.133. The van der Waals surface area contributed by atoms with Gasteiger partial charge in [0.1, 0.15) is 5.75 Å². The van der Waals surface area contributed by atoms with Crippen LogP contribution in [0.3, 0.4) is 0 Å². The highest BCUT2D eigenvalue weighted by Crippen LogP contribution is 2.32. The maximum atomic E-state index is 13.4. The Morgan fingerprint density at radius 3 is 2.25 bits per heavy atom. The molecular formula is C14H9F4NO. The number of hydrogen-bond acceptors (Lipinski definition) is 2. The normalized spacial score (nSPS) is 13.4. The third-order valence-electron chi connectivity index (χ3n) is 3.25. The van der Waals surface area contributed by atoms with Crippen molar-refractivity contribution >= 4 is 0 Å². The average molecular weight is 283 g/mol. The fraction of sp³-hybridized carbons (Fsp3) is 0.214. The zero-order valence-corrected chi connectivity index (χ0v) is 10.2. The van der Waals surface area contributed by atoms with Gasteiger partial charge in [0.25, 0.3) is 11.9 Å². The minimum atomic E-state index is -1.74. The SMILES string of the molecule is Fc1nc(F)c(F)c(Oc2ccc3c(c2)CCC3)c1F. The van der Waals surface area contributed by atoms with Gasteiger partial charge >= 0.3 is 0 Å². The van der Waals surface area contributed by atoms with Gasteiger partial charge in [-0.25, -0.2) is 0 Å². The molecule has 0 saturated carbocycles. The summed E-state index contributed by atoms with van der Waals surface area (Å²) in [7, 11) is 0. The van der Waals surface area contributed by atoms with Gasteiger partial charge in [0.2, 0.25) is 17.4 Å². The van der Waals surface area contributed by atoms with Crippen molar-refractivity contribution in [3.8, 4) is 11.5 Å². The van der Waals surface area contributed by atoms with E-state index in [0.29, 0.717) is 0 Å². The number of pyridine rings is 1. The summed E-state index contributed by atoms with van der Waals surface area (Å²) in [6, 6.07) is 4.91. The van der Waals surface area contributed by atoms with Crippen molar-refractivity contribution in [1.82, 2.24) is 4.98 Å². The first kappa shape index (κ1) is 12.9. The Bertz CT molecular complexity index is 661. The first-order valence-corrected chi connectivity index (χ1v) is 6.06. The van der Waals surface area contributed by atoms with E-state index < -0.39 is 29.3 Å². The van der Waals surface area contributed by atoms with Gasteiger partial charge in [0.15, 0.2) is 0 Å². The lowest BCUT2D eigenvalue weighted by molar-refractivity contribution is 0.343. The van der Waals surface area contributed by atoms with Crippen LogP contribution in [-0.2, 0) is 12.8 Å². The third kappa shape index (κ3) is 2.11. The smallest absolute Gasteiger partial charge is 0.255 e. The van der Waals surface area contributed by atoms with Gasteiger partial charge in [-0.2, -0.15) is 22.5 Å². The standard InChI is InChI=1S/C14H9F4NO/c15-10-12(11(16)14(18)19-13(10)17)20-9-5-4-7-2-1-3-8(7)6-9/h4-6H,1-3H2. The lowest BCUT2D eigenvalue weighted by Gasteiger charge is -2.09. The van der Waals surface area contributed by atoms with Gasteiger partial charge in [-0.3, -0.25) is 0 Å². The van der Waals surface area contributed by atoms with Crippen LogP contribution in [0.25, 0.3) is 0 Å².